The van der Waals surface area contributed by atoms with E-state index in [4.69, 9.17) is 0 Å². The van der Waals surface area contributed by atoms with Gasteiger partial charge < -0.3 is 9.88 Å². The summed E-state index contributed by atoms with van der Waals surface area (Å²) in [6.07, 6.45) is 3.91. The Morgan fingerprint density at radius 3 is 2.94 bits per heavy atom. The van der Waals surface area contributed by atoms with Crippen molar-refractivity contribution < 1.29 is 0 Å². The quantitative estimate of drug-likeness (QED) is 0.821. The molecule has 0 fully saturated rings. The van der Waals surface area contributed by atoms with E-state index in [0.717, 1.165) is 24.7 Å². The summed E-state index contributed by atoms with van der Waals surface area (Å²) in [5.74, 6) is 0.911. The molecule has 0 unspecified atom stereocenters. The molecule has 0 aliphatic rings. The molecule has 0 radical (unpaired) electrons. The molecule has 0 spiro atoms. The van der Waals surface area contributed by atoms with E-state index >= 15 is 0 Å². The first-order chi connectivity index (χ1) is 8.19. The third kappa shape index (κ3) is 2.97. The lowest BCUT2D eigenvalue weighted by Crippen LogP contribution is -2.05. The van der Waals surface area contributed by atoms with Crippen molar-refractivity contribution in [3.63, 3.8) is 0 Å². The van der Waals surface area contributed by atoms with Gasteiger partial charge in [0.05, 0.1) is 12.2 Å². The van der Waals surface area contributed by atoms with Gasteiger partial charge in [-0.3, -0.25) is 0 Å². The number of aryl methyl sites for hydroxylation is 2. The molecule has 3 nitrogen and oxygen atoms in total. The fourth-order valence-corrected chi connectivity index (χ4v) is 2.54. The maximum atomic E-state index is 4.46. The Morgan fingerprint density at radius 2 is 2.29 bits per heavy atom. The van der Waals surface area contributed by atoms with Gasteiger partial charge in [0.25, 0.3) is 0 Å². The molecule has 2 aromatic heterocycles. The van der Waals surface area contributed by atoms with Crippen molar-refractivity contribution in [3.05, 3.63) is 46.4 Å². The van der Waals surface area contributed by atoms with E-state index in [1.165, 1.54) is 9.75 Å². The molecule has 2 heterocycles. The van der Waals surface area contributed by atoms with Gasteiger partial charge in [-0.1, -0.05) is 6.08 Å². The second-order valence-electron chi connectivity index (χ2n) is 4.01. The maximum absolute atomic E-state index is 4.46. The molecule has 0 aliphatic carbocycles. The molecule has 4 heteroatoms. The minimum atomic E-state index is 0.784. The number of thiophene rings is 1. The van der Waals surface area contributed by atoms with Gasteiger partial charge in [-0.15, -0.1) is 17.9 Å². The van der Waals surface area contributed by atoms with Gasteiger partial charge in [-0.2, -0.15) is 0 Å². The van der Waals surface area contributed by atoms with Gasteiger partial charge in [0, 0.05) is 22.5 Å². The zero-order valence-electron chi connectivity index (χ0n) is 10.2. The van der Waals surface area contributed by atoms with E-state index < -0.39 is 0 Å². The molecule has 0 bridgehead atoms. The Bertz CT molecular complexity index is 510. The molecule has 1 N–H and O–H groups in total. The molecule has 2 aromatic rings. The molecule has 0 amide bonds. The van der Waals surface area contributed by atoms with Gasteiger partial charge in [0.15, 0.2) is 0 Å². The number of allylic oxidation sites excluding steroid dienone is 1. The van der Waals surface area contributed by atoms with E-state index in [-0.39, 0.29) is 0 Å². The highest BCUT2D eigenvalue weighted by Crippen LogP contribution is 2.17. The van der Waals surface area contributed by atoms with Crippen molar-refractivity contribution in [2.24, 2.45) is 0 Å². The number of hydrogen-bond acceptors (Lipinski definition) is 3. The predicted molar refractivity (Wildman–Crippen MR) is 73.5 cm³/mol. The number of hydrogen-bond donors (Lipinski definition) is 1. The summed E-state index contributed by atoms with van der Waals surface area (Å²) in [5, 5.41) is 3.36. The molecule has 0 saturated carbocycles. The number of nitrogens with one attached hydrogen (secondary N) is 1. The molecule has 2 rings (SSSR count). The molecular weight excluding hydrogens is 230 g/mol. The summed E-state index contributed by atoms with van der Waals surface area (Å²) in [5.41, 5.74) is 1.02. The SMILES string of the molecule is C=CCn1cc(C)nc1NCc1ccc(C)s1. The fraction of sp³-hybridized carbons (Fsp3) is 0.308. The van der Waals surface area contributed by atoms with Crippen LogP contribution in [0.5, 0.6) is 0 Å². The maximum Gasteiger partial charge on any atom is 0.203 e. The number of nitrogens with zero attached hydrogens (tertiary/aromatic N) is 2. The average Bonchev–Trinajstić information content (AvgIpc) is 2.83. The number of imidazole rings is 1. The largest absolute Gasteiger partial charge is 0.351 e. The lowest BCUT2D eigenvalue weighted by atomic mass is 10.4. The van der Waals surface area contributed by atoms with E-state index in [2.05, 4.69) is 40.5 Å². The molecular formula is C13H17N3S. The van der Waals surface area contributed by atoms with E-state index in [9.17, 15) is 0 Å². The summed E-state index contributed by atoms with van der Waals surface area (Å²) < 4.78 is 2.07. The minimum absolute atomic E-state index is 0.784. The first kappa shape index (κ1) is 11.9. The zero-order chi connectivity index (χ0) is 12.3. The molecule has 0 aromatic carbocycles. The molecule has 0 aliphatic heterocycles. The second kappa shape index (κ2) is 5.19. The molecule has 90 valence electrons. The van der Waals surface area contributed by atoms with Crippen molar-refractivity contribution in [1.29, 1.82) is 0 Å². The van der Waals surface area contributed by atoms with Crippen LogP contribution in [0.15, 0.2) is 31.0 Å². The van der Waals surface area contributed by atoms with Crippen LogP contribution < -0.4 is 5.32 Å². The highest BCUT2D eigenvalue weighted by atomic mass is 32.1. The first-order valence-electron chi connectivity index (χ1n) is 5.63. The van der Waals surface area contributed by atoms with Crippen molar-refractivity contribution in [2.75, 3.05) is 5.32 Å². The Balaban J connectivity index is 2.05. The first-order valence-corrected chi connectivity index (χ1v) is 6.44. The third-order valence-corrected chi connectivity index (χ3v) is 3.44. The standard InChI is InChI=1S/C13H17N3S/c1-4-7-16-9-10(2)15-13(16)14-8-12-6-5-11(3)17-12/h4-6,9H,1,7-8H2,2-3H3,(H,14,15). The van der Waals surface area contributed by atoms with Crippen LogP contribution in [0.25, 0.3) is 0 Å². The summed E-state index contributed by atoms with van der Waals surface area (Å²) in [7, 11) is 0. The fourth-order valence-electron chi connectivity index (χ4n) is 1.71. The predicted octanol–water partition coefficient (Wildman–Crippen LogP) is 3.36. The Morgan fingerprint density at radius 1 is 1.47 bits per heavy atom. The van der Waals surface area contributed by atoms with Gasteiger partial charge in [-0.05, 0) is 26.0 Å². The normalized spacial score (nSPS) is 10.5. The van der Waals surface area contributed by atoms with Gasteiger partial charge in [0.1, 0.15) is 0 Å². The highest BCUT2D eigenvalue weighted by molar-refractivity contribution is 7.11. The molecule has 0 saturated heterocycles. The van der Waals surface area contributed by atoms with E-state index in [1.807, 2.05) is 30.5 Å². The summed E-state index contributed by atoms with van der Waals surface area (Å²) in [6.45, 7) is 9.49. The summed E-state index contributed by atoms with van der Waals surface area (Å²) in [4.78, 5) is 7.13. The van der Waals surface area contributed by atoms with Crippen LogP contribution >= 0.6 is 11.3 Å². The Labute approximate surface area is 106 Å². The second-order valence-corrected chi connectivity index (χ2v) is 5.39. The van der Waals surface area contributed by atoms with Crippen LogP contribution in [0.1, 0.15) is 15.4 Å². The smallest absolute Gasteiger partial charge is 0.203 e. The topological polar surface area (TPSA) is 29.9 Å². The number of aromatic nitrogens is 2. The molecule has 0 atom stereocenters. The zero-order valence-corrected chi connectivity index (χ0v) is 11.0. The Hall–Kier alpha value is -1.55. The van der Waals surface area contributed by atoms with Crippen LogP contribution in [0, 0.1) is 13.8 Å². The third-order valence-electron chi connectivity index (χ3n) is 2.44. The minimum Gasteiger partial charge on any atom is -0.351 e. The number of anilines is 1. The lowest BCUT2D eigenvalue weighted by molar-refractivity contribution is 0.820. The number of rotatable bonds is 5. The lowest BCUT2D eigenvalue weighted by Gasteiger charge is -2.06. The Kier molecular flexibility index (Phi) is 3.64. The van der Waals surface area contributed by atoms with Crippen molar-refractivity contribution in [3.8, 4) is 0 Å². The van der Waals surface area contributed by atoms with Gasteiger partial charge in [-0.25, -0.2) is 4.98 Å². The van der Waals surface area contributed by atoms with Gasteiger partial charge in [0.2, 0.25) is 5.95 Å². The highest BCUT2D eigenvalue weighted by Gasteiger charge is 2.04. The molecule has 17 heavy (non-hydrogen) atoms. The van der Waals surface area contributed by atoms with Crippen LogP contribution in [0.3, 0.4) is 0 Å². The summed E-state index contributed by atoms with van der Waals surface area (Å²) in [6, 6.07) is 4.30. The average molecular weight is 247 g/mol. The monoisotopic (exact) mass is 247 g/mol. The van der Waals surface area contributed by atoms with Crippen molar-refractivity contribution in [1.82, 2.24) is 9.55 Å². The van der Waals surface area contributed by atoms with E-state index in [0.29, 0.717) is 0 Å². The van der Waals surface area contributed by atoms with Crippen LogP contribution in [0.4, 0.5) is 5.95 Å². The van der Waals surface area contributed by atoms with Crippen LogP contribution in [0.2, 0.25) is 0 Å². The van der Waals surface area contributed by atoms with Crippen LogP contribution in [-0.2, 0) is 13.1 Å². The van der Waals surface area contributed by atoms with Gasteiger partial charge >= 0.3 is 0 Å². The van der Waals surface area contributed by atoms with E-state index in [1.54, 1.807) is 0 Å². The van der Waals surface area contributed by atoms with Crippen molar-refractivity contribution >= 4 is 17.3 Å². The summed E-state index contributed by atoms with van der Waals surface area (Å²) >= 11 is 1.81. The van der Waals surface area contributed by atoms with Crippen LogP contribution in [-0.4, -0.2) is 9.55 Å². The van der Waals surface area contributed by atoms with Crippen molar-refractivity contribution in [2.45, 2.75) is 26.9 Å².